The molecule has 3 aromatic rings. The highest BCUT2D eigenvalue weighted by Crippen LogP contribution is 2.30. The van der Waals surface area contributed by atoms with Crippen molar-refractivity contribution < 1.29 is 13.6 Å². The van der Waals surface area contributed by atoms with Gasteiger partial charge >= 0.3 is 0 Å². The average Bonchev–Trinajstić information content (AvgIpc) is 3.24. The van der Waals surface area contributed by atoms with Gasteiger partial charge in [-0.3, -0.25) is 4.79 Å². The molecule has 0 unspecified atom stereocenters. The molecule has 0 aliphatic carbocycles. The van der Waals surface area contributed by atoms with Crippen molar-refractivity contribution in [2.75, 3.05) is 43.4 Å². The number of thiazole rings is 1. The fourth-order valence-electron chi connectivity index (χ4n) is 3.58. The van der Waals surface area contributed by atoms with E-state index in [1.165, 1.54) is 17.4 Å². The molecule has 8 heteroatoms. The first-order chi connectivity index (χ1) is 14.4. The fourth-order valence-corrected chi connectivity index (χ4v) is 4.50. The third-order valence-corrected chi connectivity index (χ3v) is 6.39. The summed E-state index contributed by atoms with van der Waals surface area (Å²) in [6.07, 6.45) is 0.997. The Morgan fingerprint density at radius 1 is 1.17 bits per heavy atom. The fraction of sp³-hybridized carbons (Fsp3) is 0.364. The van der Waals surface area contributed by atoms with Crippen LogP contribution in [0.25, 0.3) is 10.8 Å². The number of aromatic nitrogens is 1. The minimum absolute atomic E-state index is 0.303. The van der Waals surface area contributed by atoms with Crippen LogP contribution >= 0.6 is 11.3 Å². The molecule has 1 saturated heterocycles. The third kappa shape index (κ3) is 4.39. The van der Waals surface area contributed by atoms with E-state index < -0.39 is 0 Å². The molecule has 6 nitrogen and oxygen atoms in total. The van der Waals surface area contributed by atoms with Crippen molar-refractivity contribution in [3.63, 3.8) is 0 Å². The number of halogens is 1. The van der Waals surface area contributed by atoms with Crippen LogP contribution in [0.4, 0.5) is 15.8 Å². The van der Waals surface area contributed by atoms with Gasteiger partial charge in [0.2, 0.25) is 0 Å². The number of benzene rings is 1. The maximum Gasteiger partial charge on any atom is 0.267 e. The van der Waals surface area contributed by atoms with Gasteiger partial charge in [0.1, 0.15) is 16.5 Å². The van der Waals surface area contributed by atoms with Crippen molar-refractivity contribution >= 4 is 28.6 Å². The zero-order valence-electron chi connectivity index (χ0n) is 17.4. The van der Waals surface area contributed by atoms with Crippen LogP contribution in [0.2, 0.25) is 0 Å². The molecule has 3 heterocycles. The van der Waals surface area contributed by atoms with Crippen LogP contribution in [0.15, 0.2) is 34.7 Å². The number of furan rings is 1. The van der Waals surface area contributed by atoms with Gasteiger partial charge in [0.05, 0.1) is 11.4 Å². The predicted molar refractivity (Wildman–Crippen MR) is 118 cm³/mol. The van der Waals surface area contributed by atoms with Crippen molar-refractivity contribution in [3.05, 3.63) is 52.5 Å². The lowest BCUT2D eigenvalue weighted by molar-refractivity contribution is 0.103. The zero-order valence-corrected chi connectivity index (χ0v) is 18.2. The van der Waals surface area contributed by atoms with E-state index in [1.807, 2.05) is 19.1 Å². The Kier molecular flexibility index (Phi) is 5.87. The summed E-state index contributed by atoms with van der Waals surface area (Å²) in [5, 5.41) is 3.44. The van der Waals surface area contributed by atoms with Crippen LogP contribution in [0.1, 0.15) is 27.5 Å². The quantitative estimate of drug-likeness (QED) is 0.660. The minimum Gasteiger partial charge on any atom is -0.459 e. The molecule has 1 fully saturated rings. The van der Waals surface area contributed by atoms with Gasteiger partial charge < -0.3 is 19.5 Å². The van der Waals surface area contributed by atoms with Crippen molar-refractivity contribution in [1.82, 2.24) is 9.88 Å². The van der Waals surface area contributed by atoms with Gasteiger partial charge in [0.25, 0.3) is 5.91 Å². The molecule has 0 saturated carbocycles. The van der Waals surface area contributed by atoms with E-state index >= 15 is 0 Å². The largest absolute Gasteiger partial charge is 0.459 e. The molecule has 2 aromatic heterocycles. The van der Waals surface area contributed by atoms with Gasteiger partial charge in [-0.25, -0.2) is 9.37 Å². The van der Waals surface area contributed by atoms with Crippen molar-refractivity contribution in [2.45, 2.75) is 20.3 Å². The summed E-state index contributed by atoms with van der Waals surface area (Å²) in [5.41, 5.74) is 1.62. The summed E-state index contributed by atoms with van der Waals surface area (Å²) in [5.74, 6) is 0.793. The van der Waals surface area contributed by atoms with Crippen LogP contribution in [0, 0.1) is 19.7 Å². The number of nitrogens with one attached hydrogen (secondary N) is 1. The standard InChI is InChI=1S/C22H25FN4O2S/c1-14-5-8-19(29-14)22-24-15(2)20(30-22)21(28)25-16-6-7-18(17(23)13-16)27-10-4-9-26(3)11-12-27/h5-8,13H,4,9-12H2,1-3H3,(H,25,28). The van der Waals surface area contributed by atoms with Crippen molar-refractivity contribution in [2.24, 2.45) is 0 Å². The average molecular weight is 429 g/mol. The van der Waals surface area contributed by atoms with E-state index in [-0.39, 0.29) is 11.7 Å². The molecule has 1 aromatic carbocycles. The Hall–Kier alpha value is -2.71. The molecular weight excluding hydrogens is 403 g/mol. The zero-order chi connectivity index (χ0) is 21.3. The molecule has 0 bridgehead atoms. The van der Waals surface area contributed by atoms with E-state index in [1.54, 1.807) is 19.1 Å². The molecule has 1 N–H and O–H groups in total. The maximum atomic E-state index is 14.8. The van der Waals surface area contributed by atoms with Crippen LogP contribution in [-0.4, -0.2) is 49.0 Å². The first-order valence-corrected chi connectivity index (χ1v) is 10.8. The highest BCUT2D eigenvalue weighted by Gasteiger charge is 2.20. The van der Waals surface area contributed by atoms with Gasteiger partial charge in [-0.2, -0.15) is 0 Å². The molecular formula is C22H25FN4O2S. The Morgan fingerprint density at radius 2 is 2.00 bits per heavy atom. The number of anilines is 2. The Bertz CT molecular complexity index is 1060. The Balaban J connectivity index is 1.48. The van der Waals surface area contributed by atoms with E-state index in [0.717, 1.165) is 38.4 Å². The lowest BCUT2D eigenvalue weighted by atomic mass is 10.2. The van der Waals surface area contributed by atoms with Crippen LogP contribution in [0.3, 0.4) is 0 Å². The Morgan fingerprint density at radius 3 is 2.73 bits per heavy atom. The lowest BCUT2D eigenvalue weighted by Crippen LogP contribution is -2.29. The summed E-state index contributed by atoms with van der Waals surface area (Å²) in [6, 6.07) is 8.57. The number of rotatable bonds is 4. The molecule has 1 aliphatic rings. The number of hydrogen-bond acceptors (Lipinski definition) is 6. The normalized spacial score (nSPS) is 15.3. The predicted octanol–water partition coefficient (Wildman–Crippen LogP) is 4.55. The highest BCUT2D eigenvalue weighted by atomic mass is 32.1. The van der Waals surface area contributed by atoms with E-state index in [0.29, 0.717) is 32.7 Å². The first-order valence-electron chi connectivity index (χ1n) is 9.99. The number of carbonyl (C=O) groups is 1. The van der Waals surface area contributed by atoms with E-state index in [9.17, 15) is 9.18 Å². The van der Waals surface area contributed by atoms with E-state index in [2.05, 4.69) is 27.1 Å². The lowest BCUT2D eigenvalue weighted by Gasteiger charge is -2.23. The second-order valence-electron chi connectivity index (χ2n) is 7.61. The molecule has 1 amide bonds. The van der Waals surface area contributed by atoms with Crippen LogP contribution in [0.5, 0.6) is 0 Å². The highest BCUT2D eigenvalue weighted by molar-refractivity contribution is 7.17. The summed E-state index contributed by atoms with van der Waals surface area (Å²) in [4.78, 5) is 22.0. The number of hydrogen-bond donors (Lipinski definition) is 1. The number of likely N-dealkylation sites (N-methyl/N-ethyl adjacent to an activating group) is 1. The van der Waals surface area contributed by atoms with Crippen LogP contribution < -0.4 is 10.2 Å². The summed E-state index contributed by atoms with van der Waals surface area (Å²) in [6.45, 7) is 7.17. The second-order valence-corrected chi connectivity index (χ2v) is 8.61. The SMILES string of the molecule is Cc1ccc(-c2nc(C)c(C(=O)Nc3ccc(N4CCCN(C)CC4)c(F)c3)s2)o1. The first kappa shape index (κ1) is 20.6. The minimum atomic E-state index is -0.329. The van der Waals surface area contributed by atoms with Gasteiger partial charge in [0.15, 0.2) is 10.8 Å². The number of amides is 1. The Labute approximate surface area is 179 Å². The molecule has 4 rings (SSSR count). The van der Waals surface area contributed by atoms with Crippen LogP contribution in [-0.2, 0) is 0 Å². The van der Waals surface area contributed by atoms with E-state index in [4.69, 9.17) is 4.42 Å². The monoisotopic (exact) mass is 428 g/mol. The molecule has 1 aliphatic heterocycles. The molecule has 0 radical (unpaired) electrons. The molecule has 158 valence electrons. The van der Waals surface area contributed by atoms with Crippen molar-refractivity contribution in [3.8, 4) is 10.8 Å². The van der Waals surface area contributed by atoms with Crippen molar-refractivity contribution in [1.29, 1.82) is 0 Å². The molecule has 0 spiro atoms. The smallest absolute Gasteiger partial charge is 0.267 e. The summed E-state index contributed by atoms with van der Waals surface area (Å²) in [7, 11) is 2.08. The van der Waals surface area contributed by atoms with Gasteiger partial charge in [-0.1, -0.05) is 0 Å². The molecule has 0 atom stereocenters. The van der Waals surface area contributed by atoms with Gasteiger partial charge in [-0.05, 0) is 64.2 Å². The topological polar surface area (TPSA) is 61.6 Å². The summed E-state index contributed by atoms with van der Waals surface area (Å²) < 4.78 is 20.4. The van der Waals surface area contributed by atoms with Gasteiger partial charge in [-0.15, -0.1) is 11.3 Å². The van der Waals surface area contributed by atoms with Gasteiger partial charge in [0, 0.05) is 25.3 Å². The maximum absolute atomic E-state index is 14.8. The molecule has 30 heavy (non-hydrogen) atoms. The number of aryl methyl sites for hydroxylation is 2. The third-order valence-electron chi connectivity index (χ3n) is 5.22. The number of carbonyl (C=O) groups excluding carboxylic acids is 1. The second kappa shape index (κ2) is 8.57. The number of nitrogens with zero attached hydrogens (tertiary/aromatic N) is 3. The summed E-state index contributed by atoms with van der Waals surface area (Å²) >= 11 is 1.26.